The van der Waals surface area contributed by atoms with E-state index in [9.17, 15) is 4.79 Å². The van der Waals surface area contributed by atoms with Crippen LogP contribution in [0.2, 0.25) is 0 Å². The third-order valence-corrected chi connectivity index (χ3v) is 2.18. The minimum absolute atomic E-state index is 0.0725. The van der Waals surface area contributed by atoms with Crippen LogP contribution in [-0.2, 0) is 0 Å². The lowest BCUT2D eigenvalue weighted by Crippen LogP contribution is -2.21. The van der Waals surface area contributed by atoms with Gasteiger partial charge in [0.15, 0.2) is 5.69 Å². The topological polar surface area (TPSA) is 95.3 Å². The highest BCUT2D eigenvalue weighted by Gasteiger charge is 2.09. The van der Waals surface area contributed by atoms with Crippen LogP contribution in [0.5, 0.6) is 0 Å². The Balaban J connectivity index is 2.72. The largest absolute Gasteiger partial charge is 0.476 e. The van der Waals surface area contributed by atoms with E-state index in [1.165, 1.54) is 12.4 Å². The van der Waals surface area contributed by atoms with Crippen molar-refractivity contribution in [3.63, 3.8) is 0 Å². The van der Waals surface area contributed by atoms with Crippen LogP contribution in [-0.4, -0.2) is 38.8 Å². The van der Waals surface area contributed by atoms with Gasteiger partial charge >= 0.3 is 5.97 Å². The number of carboxylic acid groups (broad SMARTS) is 1. The molecular formula is C10H15N3O3. The molecule has 1 rings (SSSR count). The summed E-state index contributed by atoms with van der Waals surface area (Å²) in [6.07, 6.45) is 4.07. The summed E-state index contributed by atoms with van der Waals surface area (Å²) in [5.74, 6) is -0.688. The molecular weight excluding hydrogens is 210 g/mol. The van der Waals surface area contributed by atoms with Gasteiger partial charge in [0.05, 0.1) is 12.4 Å². The van der Waals surface area contributed by atoms with Crippen LogP contribution in [0.15, 0.2) is 12.4 Å². The van der Waals surface area contributed by atoms with Gasteiger partial charge in [-0.3, -0.25) is 4.98 Å². The molecule has 0 saturated heterocycles. The molecule has 0 bridgehead atoms. The van der Waals surface area contributed by atoms with Crippen molar-refractivity contribution in [3.8, 4) is 0 Å². The van der Waals surface area contributed by atoms with Crippen molar-refractivity contribution in [3.05, 3.63) is 18.1 Å². The van der Waals surface area contributed by atoms with E-state index in [1.807, 2.05) is 6.92 Å². The van der Waals surface area contributed by atoms with Crippen molar-refractivity contribution >= 4 is 11.8 Å². The highest BCUT2D eigenvalue weighted by Crippen LogP contribution is 2.08. The number of aliphatic hydroxyl groups is 1. The Morgan fingerprint density at radius 1 is 1.56 bits per heavy atom. The van der Waals surface area contributed by atoms with Crippen LogP contribution in [0, 0.1) is 0 Å². The number of anilines is 1. The van der Waals surface area contributed by atoms with Crippen molar-refractivity contribution in [1.29, 1.82) is 0 Å². The number of nitrogens with one attached hydrogen (secondary N) is 1. The van der Waals surface area contributed by atoms with Crippen molar-refractivity contribution in [1.82, 2.24) is 9.97 Å². The highest BCUT2D eigenvalue weighted by molar-refractivity contribution is 5.85. The van der Waals surface area contributed by atoms with Gasteiger partial charge in [-0.05, 0) is 12.8 Å². The van der Waals surface area contributed by atoms with Crippen LogP contribution in [0.4, 0.5) is 5.82 Å². The maximum Gasteiger partial charge on any atom is 0.356 e. The minimum Gasteiger partial charge on any atom is -0.476 e. The maximum atomic E-state index is 10.7. The number of rotatable bonds is 6. The van der Waals surface area contributed by atoms with Crippen LogP contribution in [0.3, 0.4) is 0 Å². The normalized spacial score (nSPS) is 12.1. The summed E-state index contributed by atoms with van der Waals surface area (Å²) in [6.45, 7) is 2.05. The molecule has 1 aromatic rings. The first-order valence-corrected chi connectivity index (χ1v) is 5.10. The third-order valence-electron chi connectivity index (χ3n) is 2.18. The van der Waals surface area contributed by atoms with E-state index in [4.69, 9.17) is 10.2 Å². The summed E-state index contributed by atoms with van der Waals surface area (Å²) < 4.78 is 0. The van der Waals surface area contributed by atoms with E-state index < -0.39 is 5.97 Å². The molecule has 1 atom stereocenters. The zero-order chi connectivity index (χ0) is 12.0. The second kappa shape index (κ2) is 6.02. The van der Waals surface area contributed by atoms with Gasteiger partial charge in [-0.1, -0.05) is 6.92 Å². The number of aromatic carboxylic acids is 1. The van der Waals surface area contributed by atoms with Gasteiger partial charge in [-0.25, -0.2) is 9.78 Å². The van der Waals surface area contributed by atoms with E-state index in [-0.39, 0.29) is 18.3 Å². The van der Waals surface area contributed by atoms with Crippen LogP contribution in [0.25, 0.3) is 0 Å². The third kappa shape index (κ3) is 3.47. The molecule has 6 nitrogen and oxygen atoms in total. The molecule has 0 spiro atoms. The molecule has 16 heavy (non-hydrogen) atoms. The van der Waals surface area contributed by atoms with E-state index >= 15 is 0 Å². The van der Waals surface area contributed by atoms with Gasteiger partial charge in [0.2, 0.25) is 0 Å². The molecule has 1 heterocycles. The molecule has 0 amide bonds. The predicted molar refractivity (Wildman–Crippen MR) is 58.4 cm³/mol. The molecule has 0 aliphatic carbocycles. The SMILES string of the molecule is CCC(CCO)Nc1cncc(C(=O)O)n1. The Kier molecular flexibility index (Phi) is 4.65. The van der Waals surface area contributed by atoms with E-state index in [0.717, 1.165) is 6.42 Å². The lowest BCUT2D eigenvalue weighted by molar-refractivity contribution is 0.0690. The van der Waals surface area contributed by atoms with Gasteiger partial charge < -0.3 is 15.5 Å². The summed E-state index contributed by atoms with van der Waals surface area (Å²) in [4.78, 5) is 18.3. The molecule has 0 radical (unpaired) electrons. The molecule has 88 valence electrons. The fourth-order valence-electron chi connectivity index (χ4n) is 1.28. The predicted octanol–water partition coefficient (Wildman–Crippen LogP) is 0.748. The summed E-state index contributed by atoms with van der Waals surface area (Å²) >= 11 is 0. The molecule has 3 N–H and O–H groups in total. The van der Waals surface area contributed by atoms with Crippen molar-refractivity contribution in [2.24, 2.45) is 0 Å². The summed E-state index contributed by atoms with van der Waals surface area (Å²) in [5.41, 5.74) is -0.0937. The van der Waals surface area contributed by atoms with Gasteiger partial charge in [-0.15, -0.1) is 0 Å². The van der Waals surface area contributed by atoms with E-state index in [1.54, 1.807) is 0 Å². The minimum atomic E-state index is -1.11. The second-order valence-corrected chi connectivity index (χ2v) is 3.36. The summed E-state index contributed by atoms with van der Waals surface area (Å²) in [7, 11) is 0. The number of carboxylic acids is 1. The number of nitrogens with zero attached hydrogens (tertiary/aromatic N) is 2. The van der Waals surface area contributed by atoms with Crippen molar-refractivity contribution < 1.29 is 15.0 Å². The number of carbonyl (C=O) groups is 1. The quantitative estimate of drug-likeness (QED) is 0.661. The second-order valence-electron chi connectivity index (χ2n) is 3.36. The van der Waals surface area contributed by atoms with Crippen molar-refractivity contribution in [2.75, 3.05) is 11.9 Å². The molecule has 6 heteroatoms. The first-order chi connectivity index (χ1) is 7.67. The number of aromatic nitrogens is 2. The first kappa shape index (κ1) is 12.4. The zero-order valence-electron chi connectivity index (χ0n) is 9.05. The van der Waals surface area contributed by atoms with Gasteiger partial charge in [-0.2, -0.15) is 0 Å². The Labute approximate surface area is 93.4 Å². The monoisotopic (exact) mass is 225 g/mol. The molecule has 0 aliphatic heterocycles. The maximum absolute atomic E-state index is 10.7. The Bertz CT molecular complexity index is 357. The van der Waals surface area contributed by atoms with Crippen LogP contribution >= 0.6 is 0 Å². The van der Waals surface area contributed by atoms with Gasteiger partial charge in [0.1, 0.15) is 5.82 Å². The van der Waals surface area contributed by atoms with E-state index in [0.29, 0.717) is 12.2 Å². The Morgan fingerprint density at radius 2 is 2.31 bits per heavy atom. The molecule has 0 aromatic carbocycles. The Morgan fingerprint density at radius 3 is 2.88 bits per heavy atom. The van der Waals surface area contributed by atoms with Crippen molar-refractivity contribution in [2.45, 2.75) is 25.8 Å². The smallest absolute Gasteiger partial charge is 0.356 e. The molecule has 0 fully saturated rings. The average molecular weight is 225 g/mol. The first-order valence-electron chi connectivity index (χ1n) is 5.10. The zero-order valence-corrected chi connectivity index (χ0v) is 9.05. The average Bonchev–Trinajstić information content (AvgIpc) is 2.29. The highest BCUT2D eigenvalue weighted by atomic mass is 16.4. The fourth-order valence-corrected chi connectivity index (χ4v) is 1.28. The number of aliphatic hydroxyl groups excluding tert-OH is 1. The molecule has 1 unspecified atom stereocenters. The van der Waals surface area contributed by atoms with Crippen LogP contribution < -0.4 is 5.32 Å². The molecule has 1 aromatic heterocycles. The van der Waals surface area contributed by atoms with Gasteiger partial charge in [0.25, 0.3) is 0 Å². The van der Waals surface area contributed by atoms with Crippen LogP contribution in [0.1, 0.15) is 30.3 Å². The standard InChI is InChI=1S/C10H15N3O3/c1-2-7(3-4-14)12-9-6-11-5-8(13-9)10(15)16/h5-7,14H,2-4H2,1H3,(H,12,13)(H,15,16). The van der Waals surface area contributed by atoms with Gasteiger partial charge in [0, 0.05) is 12.6 Å². The lowest BCUT2D eigenvalue weighted by Gasteiger charge is -2.15. The number of hydrogen-bond donors (Lipinski definition) is 3. The fraction of sp³-hybridized carbons (Fsp3) is 0.500. The molecule has 0 aliphatic rings. The summed E-state index contributed by atoms with van der Waals surface area (Å²) in [5, 5.41) is 20.6. The molecule has 0 saturated carbocycles. The number of hydrogen-bond acceptors (Lipinski definition) is 5. The Hall–Kier alpha value is -1.69. The summed E-state index contributed by atoms with van der Waals surface area (Å²) in [6, 6.07) is 0.0725. The van der Waals surface area contributed by atoms with E-state index in [2.05, 4.69) is 15.3 Å². The lowest BCUT2D eigenvalue weighted by atomic mass is 10.1.